The minimum Gasteiger partial charge on any atom is -0.462 e. The van der Waals surface area contributed by atoms with Crippen LogP contribution in [0.15, 0.2) is 0 Å². The lowest BCUT2D eigenvalue weighted by molar-refractivity contribution is 0.0527. The molecule has 1 fully saturated rings. The van der Waals surface area contributed by atoms with Crippen molar-refractivity contribution < 1.29 is 9.53 Å². The molecule has 0 aromatic carbocycles. The highest BCUT2D eigenvalue weighted by molar-refractivity contribution is 7.10. The lowest BCUT2D eigenvalue weighted by Gasteiger charge is -2.12. The summed E-state index contributed by atoms with van der Waals surface area (Å²) < 4.78 is 9.30. The van der Waals surface area contributed by atoms with E-state index in [9.17, 15) is 4.79 Å². The number of hydrogen-bond donors (Lipinski definition) is 1. The fraction of sp³-hybridized carbons (Fsp3) is 0.692. The van der Waals surface area contributed by atoms with Gasteiger partial charge in [0.05, 0.1) is 12.3 Å². The lowest BCUT2D eigenvalue weighted by atomic mass is 10.1. The number of nitrogens with zero attached hydrogens (tertiary/aromatic N) is 1. The minimum absolute atomic E-state index is 0.273. The average molecular weight is 268 g/mol. The summed E-state index contributed by atoms with van der Waals surface area (Å²) in [7, 11) is 0. The van der Waals surface area contributed by atoms with E-state index < -0.39 is 0 Å². The normalized spacial score (nSPS) is 16.4. The SMILES string of the molecule is CCOC(=O)c1c(C)nsc1NCC(C)C1CC1. The molecule has 5 heteroatoms. The van der Waals surface area contributed by atoms with E-state index in [1.807, 2.05) is 13.8 Å². The first-order chi connectivity index (χ1) is 8.63. The molecule has 1 aliphatic carbocycles. The molecular formula is C13H20N2O2S. The zero-order valence-electron chi connectivity index (χ0n) is 11.2. The van der Waals surface area contributed by atoms with Crippen LogP contribution >= 0.6 is 11.5 Å². The van der Waals surface area contributed by atoms with Crippen LogP contribution in [0.1, 0.15) is 42.7 Å². The lowest BCUT2D eigenvalue weighted by Crippen LogP contribution is -2.15. The summed E-state index contributed by atoms with van der Waals surface area (Å²) in [6.45, 7) is 7.21. The maximum Gasteiger partial charge on any atom is 0.343 e. The van der Waals surface area contributed by atoms with Crippen molar-refractivity contribution in [3.05, 3.63) is 11.3 Å². The van der Waals surface area contributed by atoms with Gasteiger partial charge in [0, 0.05) is 6.54 Å². The topological polar surface area (TPSA) is 51.2 Å². The number of carbonyl (C=O) groups is 1. The summed E-state index contributed by atoms with van der Waals surface area (Å²) in [6, 6.07) is 0. The fourth-order valence-corrected chi connectivity index (χ4v) is 2.81. The van der Waals surface area contributed by atoms with E-state index in [4.69, 9.17) is 4.74 Å². The van der Waals surface area contributed by atoms with Crippen LogP contribution in [0.5, 0.6) is 0 Å². The van der Waals surface area contributed by atoms with Gasteiger partial charge in [-0.2, -0.15) is 4.37 Å². The van der Waals surface area contributed by atoms with Gasteiger partial charge in [-0.05, 0) is 50.1 Å². The third-order valence-electron chi connectivity index (χ3n) is 3.35. The number of aryl methyl sites for hydroxylation is 1. The Labute approximate surface area is 112 Å². The van der Waals surface area contributed by atoms with Crippen molar-refractivity contribution in [3.8, 4) is 0 Å². The summed E-state index contributed by atoms with van der Waals surface area (Å²) in [4.78, 5) is 11.8. The smallest absolute Gasteiger partial charge is 0.343 e. The van der Waals surface area contributed by atoms with Gasteiger partial charge in [-0.3, -0.25) is 0 Å². The van der Waals surface area contributed by atoms with Crippen molar-refractivity contribution in [1.82, 2.24) is 4.37 Å². The molecule has 0 aliphatic heterocycles. The number of nitrogens with one attached hydrogen (secondary N) is 1. The first kappa shape index (κ1) is 13.3. The van der Waals surface area contributed by atoms with Gasteiger partial charge in [0.1, 0.15) is 10.6 Å². The van der Waals surface area contributed by atoms with Crippen molar-refractivity contribution in [2.45, 2.75) is 33.6 Å². The second-order valence-electron chi connectivity index (χ2n) is 4.89. The average Bonchev–Trinajstić information content (AvgIpc) is 3.11. The predicted octanol–water partition coefficient (Wildman–Crippen LogP) is 3.09. The quantitative estimate of drug-likeness (QED) is 0.806. The largest absolute Gasteiger partial charge is 0.462 e. The van der Waals surface area contributed by atoms with E-state index >= 15 is 0 Å². The Morgan fingerprint density at radius 3 is 2.94 bits per heavy atom. The molecule has 1 atom stereocenters. The molecule has 1 saturated carbocycles. The third kappa shape index (κ3) is 3.02. The molecule has 18 heavy (non-hydrogen) atoms. The molecule has 1 N–H and O–H groups in total. The molecule has 4 nitrogen and oxygen atoms in total. The Morgan fingerprint density at radius 2 is 2.33 bits per heavy atom. The van der Waals surface area contributed by atoms with Crippen molar-refractivity contribution in [2.75, 3.05) is 18.5 Å². The highest BCUT2D eigenvalue weighted by Gasteiger charge is 2.28. The van der Waals surface area contributed by atoms with Crippen LogP contribution in [0.4, 0.5) is 5.00 Å². The molecule has 100 valence electrons. The van der Waals surface area contributed by atoms with E-state index in [0.717, 1.165) is 23.2 Å². The zero-order chi connectivity index (χ0) is 13.1. The highest BCUT2D eigenvalue weighted by Crippen LogP contribution is 2.37. The number of hydrogen-bond acceptors (Lipinski definition) is 5. The van der Waals surface area contributed by atoms with Crippen LogP contribution in [0.2, 0.25) is 0 Å². The first-order valence-corrected chi connectivity index (χ1v) is 7.28. The van der Waals surface area contributed by atoms with Crippen molar-refractivity contribution in [3.63, 3.8) is 0 Å². The molecule has 0 saturated heterocycles. The molecule has 2 rings (SSSR count). The van der Waals surface area contributed by atoms with E-state index in [0.29, 0.717) is 18.1 Å². The molecule has 1 aromatic heterocycles. The fourth-order valence-electron chi connectivity index (χ4n) is 2.02. The van der Waals surface area contributed by atoms with Gasteiger partial charge in [-0.25, -0.2) is 4.79 Å². The molecule has 0 bridgehead atoms. The van der Waals surface area contributed by atoms with Crippen molar-refractivity contribution in [2.24, 2.45) is 11.8 Å². The Hall–Kier alpha value is -1.10. The number of carbonyl (C=O) groups excluding carboxylic acids is 1. The highest BCUT2D eigenvalue weighted by atomic mass is 32.1. The molecule has 0 amide bonds. The van der Waals surface area contributed by atoms with Crippen LogP contribution < -0.4 is 5.32 Å². The van der Waals surface area contributed by atoms with Gasteiger partial charge in [0.2, 0.25) is 0 Å². The molecular weight excluding hydrogens is 248 g/mol. The van der Waals surface area contributed by atoms with Gasteiger partial charge in [0.15, 0.2) is 0 Å². The predicted molar refractivity (Wildman–Crippen MR) is 73.2 cm³/mol. The number of ether oxygens (including phenoxy) is 1. The number of anilines is 1. The zero-order valence-corrected chi connectivity index (χ0v) is 12.0. The molecule has 0 radical (unpaired) electrons. The van der Waals surface area contributed by atoms with Crippen LogP contribution in [-0.4, -0.2) is 23.5 Å². The van der Waals surface area contributed by atoms with E-state index in [1.54, 1.807) is 0 Å². The number of aromatic nitrogens is 1. The van der Waals surface area contributed by atoms with Gasteiger partial charge in [-0.15, -0.1) is 0 Å². The van der Waals surface area contributed by atoms with Gasteiger partial charge in [-0.1, -0.05) is 6.92 Å². The van der Waals surface area contributed by atoms with E-state index in [2.05, 4.69) is 16.6 Å². The minimum atomic E-state index is -0.273. The molecule has 1 aromatic rings. The summed E-state index contributed by atoms with van der Waals surface area (Å²) in [5.74, 6) is 1.24. The van der Waals surface area contributed by atoms with Gasteiger partial charge in [0.25, 0.3) is 0 Å². The maximum atomic E-state index is 11.8. The standard InChI is InChI=1S/C13H20N2O2S/c1-4-17-13(16)11-9(3)15-18-12(11)14-7-8(2)10-5-6-10/h8,10,14H,4-7H2,1-3H3. The molecule has 1 aliphatic rings. The second-order valence-corrected chi connectivity index (χ2v) is 5.66. The Morgan fingerprint density at radius 1 is 1.61 bits per heavy atom. The van der Waals surface area contributed by atoms with E-state index in [1.165, 1.54) is 24.4 Å². The summed E-state index contributed by atoms with van der Waals surface area (Å²) in [5, 5.41) is 4.20. The molecule has 0 spiro atoms. The van der Waals surface area contributed by atoms with Crippen LogP contribution in [0.3, 0.4) is 0 Å². The number of esters is 1. The van der Waals surface area contributed by atoms with Crippen LogP contribution in [-0.2, 0) is 4.74 Å². The maximum absolute atomic E-state index is 11.8. The van der Waals surface area contributed by atoms with Gasteiger partial charge < -0.3 is 10.1 Å². The van der Waals surface area contributed by atoms with Crippen LogP contribution in [0, 0.1) is 18.8 Å². The van der Waals surface area contributed by atoms with Gasteiger partial charge >= 0.3 is 5.97 Å². The summed E-state index contributed by atoms with van der Waals surface area (Å²) in [6.07, 6.45) is 2.69. The van der Waals surface area contributed by atoms with Crippen molar-refractivity contribution in [1.29, 1.82) is 0 Å². The molecule has 1 unspecified atom stereocenters. The number of rotatable bonds is 6. The summed E-state index contributed by atoms with van der Waals surface area (Å²) in [5.41, 5.74) is 1.35. The summed E-state index contributed by atoms with van der Waals surface area (Å²) >= 11 is 1.34. The Kier molecular flexibility index (Phi) is 4.22. The van der Waals surface area contributed by atoms with Crippen LogP contribution in [0.25, 0.3) is 0 Å². The second kappa shape index (κ2) is 5.69. The third-order valence-corrected chi connectivity index (χ3v) is 4.25. The Balaban J connectivity index is 2.00. The molecule has 1 heterocycles. The van der Waals surface area contributed by atoms with E-state index in [-0.39, 0.29) is 5.97 Å². The monoisotopic (exact) mass is 268 g/mol. The van der Waals surface area contributed by atoms with Crippen molar-refractivity contribution >= 4 is 22.5 Å². The Bertz CT molecular complexity index is 427. The first-order valence-electron chi connectivity index (χ1n) is 6.50.